The van der Waals surface area contributed by atoms with Crippen molar-refractivity contribution in [3.8, 4) is 5.75 Å². The second kappa shape index (κ2) is 6.33. The lowest BCUT2D eigenvalue weighted by atomic mass is 10.1. The van der Waals surface area contributed by atoms with E-state index in [1.54, 1.807) is 0 Å². The molecule has 7 nitrogen and oxygen atoms in total. The van der Waals surface area contributed by atoms with Gasteiger partial charge in [0.05, 0.1) is 23.7 Å². The zero-order valence-electron chi connectivity index (χ0n) is 11.1. The summed E-state index contributed by atoms with van der Waals surface area (Å²) in [5.41, 5.74) is 2.17. The van der Waals surface area contributed by atoms with Crippen LogP contribution in [0.15, 0.2) is 18.2 Å². The van der Waals surface area contributed by atoms with Gasteiger partial charge in [0, 0.05) is 6.07 Å². The molecule has 20 heavy (non-hydrogen) atoms. The van der Waals surface area contributed by atoms with Crippen LogP contribution in [0, 0.1) is 10.1 Å². The van der Waals surface area contributed by atoms with Gasteiger partial charge in [-0.25, -0.2) is 5.48 Å². The summed E-state index contributed by atoms with van der Waals surface area (Å²) in [4.78, 5) is 27.6. The fraction of sp³-hybridized carbons (Fsp3) is 0.462. The summed E-state index contributed by atoms with van der Waals surface area (Å²) >= 11 is 0. The van der Waals surface area contributed by atoms with Crippen molar-refractivity contribution in [3.05, 3.63) is 33.9 Å². The molecule has 7 heteroatoms. The normalized spacial score (nSPS) is 15.1. The molecule has 0 spiro atoms. The highest BCUT2D eigenvalue weighted by molar-refractivity contribution is 5.97. The third-order valence-electron chi connectivity index (χ3n) is 3.26. The Morgan fingerprint density at radius 1 is 1.40 bits per heavy atom. The molecule has 0 aliphatic heterocycles. The van der Waals surface area contributed by atoms with Crippen LogP contribution < -0.4 is 10.2 Å². The fourth-order valence-corrected chi connectivity index (χ4v) is 2.26. The Bertz CT molecular complexity index is 511. The summed E-state index contributed by atoms with van der Waals surface area (Å²) in [6.45, 7) is 0. The van der Waals surface area contributed by atoms with Crippen molar-refractivity contribution < 1.29 is 19.3 Å². The quantitative estimate of drug-likeness (QED) is 0.659. The minimum absolute atomic E-state index is 0.0173. The summed E-state index contributed by atoms with van der Waals surface area (Å²) in [5, 5.41) is 10.9. The molecule has 1 aromatic rings. The van der Waals surface area contributed by atoms with Crippen LogP contribution in [0.4, 0.5) is 5.69 Å². The summed E-state index contributed by atoms with van der Waals surface area (Å²) in [6, 6.07) is 4.18. The van der Waals surface area contributed by atoms with Gasteiger partial charge in [-0.2, -0.15) is 0 Å². The first-order valence-corrected chi connectivity index (χ1v) is 6.41. The fourth-order valence-electron chi connectivity index (χ4n) is 2.26. The van der Waals surface area contributed by atoms with Crippen molar-refractivity contribution in [2.75, 3.05) is 7.11 Å². The number of carbonyl (C=O) groups is 1. The Labute approximate surface area is 116 Å². The number of hydrogen-bond donors (Lipinski definition) is 1. The number of benzene rings is 1. The van der Waals surface area contributed by atoms with Crippen molar-refractivity contribution >= 4 is 11.6 Å². The van der Waals surface area contributed by atoms with Gasteiger partial charge in [0.2, 0.25) is 5.75 Å². The zero-order chi connectivity index (χ0) is 14.5. The predicted molar refractivity (Wildman–Crippen MR) is 70.5 cm³/mol. The Balaban J connectivity index is 2.12. The van der Waals surface area contributed by atoms with Gasteiger partial charge < -0.3 is 4.74 Å². The second-order valence-electron chi connectivity index (χ2n) is 4.57. The topological polar surface area (TPSA) is 90.7 Å². The van der Waals surface area contributed by atoms with Gasteiger partial charge in [0.1, 0.15) is 0 Å². The molecule has 0 saturated heterocycles. The van der Waals surface area contributed by atoms with Crippen molar-refractivity contribution in [2.24, 2.45) is 0 Å². The second-order valence-corrected chi connectivity index (χ2v) is 4.57. The Kier molecular flexibility index (Phi) is 4.52. The number of hydroxylamine groups is 1. The standard InChI is InChI=1S/C13H16N2O5/c1-19-12-10(7-4-8-11(12)15(17)18)13(16)14-20-9-5-2-3-6-9/h4,7-9H,2-3,5-6H2,1H3,(H,14,16). The van der Waals surface area contributed by atoms with Crippen LogP contribution in [0.2, 0.25) is 0 Å². The van der Waals surface area contributed by atoms with Crippen LogP contribution >= 0.6 is 0 Å². The van der Waals surface area contributed by atoms with Gasteiger partial charge in [-0.15, -0.1) is 0 Å². The number of methoxy groups -OCH3 is 1. The lowest BCUT2D eigenvalue weighted by Crippen LogP contribution is -2.28. The van der Waals surface area contributed by atoms with Crippen molar-refractivity contribution in [1.82, 2.24) is 5.48 Å². The van der Waals surface area contributed by atoms with E-state index in [0.717, 1.165) is 25.7 Å². The number of hydrogen-bond acceptors (Lipinski definition) is 5. The Hall–Kier alpha value is -2.15. The van der Waals surface area contributed by atoms with Gasteiger partial charge in [-0.3, -0.25) is 19.7 Å². The highest BCUT2D eigenvalue weighted by atomic mass is 16.7. The van der Waals surface area contributed by atoms with Gasteiger partial charge in [-0.05, 0) is 18.9 Å². The largest absolute Gasteiger partial charge is 0.490 e. The molecule has 0 unspecified atom stereocenters. The molecule has 1 N–H and O–H groups in total. The number of nitrogens with one attached hydrogen (secondary N) is 1. The molecule has 1 aliphatic rings. The van der Waals surface area contributed by atoms with Crippen LogP contribution in [-0.4, -0.2) is 24.0 Å². The Morgan fingerprint density at radius 2 is 2.10 bits per heavy atom. The highest BCUT2D eigenvalue weighted by Crippen LogP contribution is 2.30. The van der Waals surface area contributed by atoms with E-state index < -0.39 is 10.8 Å². The first-order chi connectivity index (χ1) is 9.63. The van der Waals surface area contributed by atoms with Crippen molar-refractivity contribution in [1.29, 1.82) is 0 Å². The van der Waals surface area contributed by atoms with Crippen molar-refractivity contribution in [3.63, 3.8) is 0 Å². The number of para-hydroxylation sites is 1. The molecule has 1 aromatic carbocycles. The van der Waals surface area contributed by atoms with Gasteiger partial charge in [0.15, 0.2) is 0 Å². The van der Waals surface area contributed by atoms with Crippen LogP contribution in [0.1, 0.15) is 36.0 Å². The number of nitro benzene ring substituents is 1. The predicted octanol–water partition coefficient (Wildman–Crippen LogP) is 2.21. The molecule has 108 valence electrons. The Morgan fingerprint density at radius 3 is 2.70 bits per heavy atom. The minimum Gasteiger partial charge on any atom is -0.490 e. The SMILES string of the molecule is COc1c(C(=O)NOC2CCCC2)cccc1[N+](=O)[O-]. The highest BCUT2D eigenvalue weighted by Gasteiger charge is 2.24. The van der Waals surface area contributed by atoms with Gasteiger partial charge >= 0.3 is 5.69 Å². The van der Waals surface area contributed by atoms with Gasteiger partial charge in [0.25, 0.3) is 5.91 Å². The van der Waals surface area contributed by atoms with Crippen LogP contribution in [0.25, 0.3) is 0 Å². The van der Waals surface area contributed by atoms with Crippen LogP contribution in [-0.2, 0) is 4.84 Å². The number of rotatable bonds is 5. The molecule has 0 bridgehead atoms. The third kappa shape index (κ3) is 3.05. The van der Waals surface area contributed by atoms with E-state index in [1.807, 2.05) is 0 Å². The molecule has 0 heterocycles. The first kappa shape index (κ1) is 14.3. The average Bonchev–Trinajstić information content (AvgIpc) is 2.97. The summed E-state index contributed by atoms with van der Waals surface area (Å²) < 4.78 is 4.97. The number of amides is 1. The van der Waals surface area contributed by atoms with Crippen LogP contribution in [0.3, 0.4) is 0 Å². The number of carbonyl (C=O) groups excluding carboxylic acids is 1. The van der Waals surface area contributed by atoms with Crippen LogP contribution in [0.5, 0.6) is 5.75 Å². The van der Waals surface area contributed by atoms with Gasteiger partial charge in [-0.1, -0.05) is 18.9 Å². The van der Waals surface area contributed by atoms with E-state index in [4.69, 9.17) is 9.57 Å². The summed E-state index contributed by atoms with van der Waals surface area (Å²) in [7, 11) is 1.29. The molecular formula is C13H16N2O5. The monoisotopic (exact) mass is 280 g/mol. The van der Waals surface area contributed by atoms with E-state index >= 15 is 0 Å². The zero-order valence-corrected chi connectivity index (χ0v) is 11.1. The molecule has 1 amide bonds. The molecule has 1 fully saturated rings. The average molecular weight is 280 g/mol. The molecule has 0 radical (unpaired) electrons. The number of nitro groups is 1. The molecule has 1 saturated carbocycles. The van der Waals surface area contributed by atoms with Crippen molar-refractivity contribution in [2.45, 2.75) is 31.8 Å². The number of ether oxygens (including phenoxy) is 1. The molecule has 1 aliphatic carbocycles. The maximum absolute atomic E-state index is 12.0. The molecule has 0 atom stereocenters. The lowest BCUT2D eigenvalue weighted by molar-refractivity contribution is -0.385. The van der Waals surface area contributed by atoms with E-state index in [9.17, 15) is 14.9 Å². The molecule has 0 aromatic heterocycles. The summed E-state index contributed by atoms with van der Waals surface area (Å²) in [6.07, 6.45) is 4.00. The molecular weight excluding hydrogens is 264 g/mol. The smallest absolute Gasteiger partial charge is 0.311 e. The third-order valence-corrected chi connectivity index (χ3v) is 3.26. The van der Waals surface area contributed by atoms with E-state index in [2.05, 4.69) is 5.48 Å². The summed E-state index contributed by atoms with van der Waals surface area (Å²) in [5.74, 6) is -0.609. The lowest BCUT2D eigenvalue weighted by Gasteiger charge is -2.13. The van der Waals surface area contributed by atoms with E-state index in [1.165, 1.54) is 25.3 Å². The molecule has 2 rings (SSSR count). The number of nitrogens with zero attached hydrogens (tertiary/aromatic N) is 1. The maximum Gasteiger partial charge on any atom is 0.311 e. The van der Waals surface area contributed by atoms with E-state index in [-0.39, 0.29) is 23.1 Å². The van der Waals surface area contributed by atoms with E-state index in [0.29, 0.717) is 0 Å². The maximum atomic E-state index is 12.0. The first-order valence-electron chi connectivity index (χ1n) is 6.41. The minimum atomic E-state index is -0.590.